The van der Waals surface area contributed by atoms with Crippen molar-refractivity contribution in [1.82, 2.24) is 15.1 Å². The Balaban J connectivity index is 1.57. The summed E-state index contributed by atoms with van der Waals surface area (Å²) >= 11 is 0. The van der Waals surface area contributed by atoms with Gasteiger partial charge in [0.15, 0.2) is 15.5 Å². The van der Waals surface area contributed by atoms with Gasteiger partial charge in [0.05, 0.1) is 30.4 Å². The second-order valence-electron chi connectivity index (χ2n) is 7.64. The summed E-state index contributed by atoms with van der Waals surface area (Å²) in [5.41, 5.74) is 2.99. The number of nitrogens with zero attached hydrogens (tertiary/aromatic N) is 2. The number of aromatic nitrogens is 2. The number of sulfone groups is 1. The van der Waals surface area contributed by atoms with E-state index in [4.69, 9.17) is 4.74 Å². The Kier molecular flexibility index (Phi) is 6.08. The van der Waals surface area contributed by atoms with Gasteiger partial charge in [0, 0.05) is 12.1 Å². The van der Waals surface area contributed by atoms with Crippen LogP contribution in [0.25, 0.3) is 11.3 Å². The molecule has 0 aliphatic carbocycles. The minimum Gasteiger partial charge on any atom is -0.497 e. The number of nitrogens with one attached hydrogen (secondary N) is 1. The second-order valence-corrected chi connectivity index (χ2v) is 9.86. The first-order chi connectivity index (χ1) is 14.9. The fourth-order valence-corrected chi connectivity index (χ4v) is 5.48. The molecule has 0 radical (unpaired) electrons. The maximum atomic E-state index is 12.7. The predicted molar refractivity (Wildman–Crippen MR) is 119 cm³/mol. The lowest BCUT2D eigenvalue weighted by atomic mass is 10.1. The molecule has 0 unspecified atom stereocenters. The molecule has 2 aromatic carbocycles. The van der Waals surface area contributed by atoms with E-state index in [2.05, 4.69) is 10.4 Å². The van der Waals surface area contributed by atoms with Crippen LogP contribution in [0.15, 0.2) is 60.7 Å². The number of carbonyl (C=O) groups is 1. The van der Waals surface area contributed by atoms with Crippen LogP contribution in [0.5, 0.6) is 5.75 Å². The van der Waals surface area contributed by atoms with Crippen LogP contribution in [0, 0.1) is 0 Å². The maximum Gasteiger partial charge on any atom is 0.271 e. The molecule has 1 aromatic heterocycles. The fourth-order valence-electron chi connectivity index (χ4n) is 3.79. The Bertz CT molecular complexity index is 1160. The SMILES string of the molecule is COc1ccc(-c2cc(C(=O)NCCc3ccccc3)nn2[C@H]2CCS(=O)(=O)C2)cc1. The molecule has 2 heterocycles. The summed E-state index contributed by atoms with van der Waals surface area (Å²) in [7, 11) is -1.49. The predicted octanol–water partition coefficient (Wildman–Crippen LogP) is 2.89. The molecular weight excluding hydrogens is 414 g/mol. The van der Waals surface area contributed by atoms with Crippen molar-refractivity contribution < 1.29 is 17.9 Å². The molecule has 7 nitrogen and oxygen atoms in total. The molecule has 3 aromatic rings. The molecule has 1 N–H and O–H groups in total. The molecule has 1 aliphatic heterocycles. The smallest absolute Gasteiger partial charge is 0.271 e. The zero-order valence-corrected chi connectivity index (χ0v) is 18.1. The lowest BCUT2D eigenvalue weighted by molar-refractivity contribution is 0.0948. The minimum absolute atomic E-state index is 0.0346. The van der Waals surface area contributed by atoms with Gasteiger partial charge in [-0.15, -0.1) is 0 Å². The molecular formula is C23H25N3O4S. The second kappa shape index (κ2) is 8.93. The zero-order chi connectivity index (χ0) is 21.8. The minimum atomic E-state index is -3.09. The number of carbonyl (C=O) groups excluding carboxylic acids is 1. The monoisotopic (exact) mass is 439 g/mol. The highest BCUT2D eigenvalue weighted by Gasteiger charge is 2.32. The van der Waals surface area contributed by atoms with Crippen LogP contribution in [0.3, 0.4) is 0 Å². The summed E-state index contributed by atoms with van der Waals surface area (Å²) in [6.07, 6.45) is 1.21. The van der Waals surface area contributed by atoms with Gasteiger partial charge in [0.2, 0.25) is 0 Å². The van der Waals surface area contributed by atoms with Crippen LogP contribution < -0.4 is 10.1 Å². The van der Waals surface area contributed by atoms with Gasteiger partial charge in [-0.2, -0.15) is 5.10 Å². The normalized spacial score (nSPS) is 17.4. The van der Waals surface area contributed by atoms with E-state index >= 15 is 0 Å². The summed E-state index contributed by atoms with van der Waals surface area (Å²) in [5, 5.41) is 7.42. The third kappa shape index (κ3) is 4.96. The first-order valence-electron chi connectivity index (χ1n) is 10.2. The van der Waals surface area contributed by atoms with E-state index in [1.165, 1.54) is 0 Å². The average molecular weight is 440 g/mol. The van der Waals surface area contributed by atoms with Crippen molar-refractivity contribution in [3.8, 4) is 17.0 Å². The highest BCUT2D eigenvalue weighted by Crippen LogP contribution is 2.31. The standard InChI is InChI=1S/C23H25N3O4S/c1-30-20-9-7-18(8-10-20)22-15-21(25-26(22)19-12-14-31(28,29)16-19)23(27)24-13-11-17-5-3-2-4-6-17/h2-10,15,19H,11-14,16H2,1H3,(H,24,27)/t19-/m0/s1. The van der Waals surface area contributed by atoms with Gasteiger partial charge in [-0.05, 0) is 48.7 Å². The Morgan fingerprint density at radius 1 is 1.16 bits per heavy atom. The van der Waals surface area contributed by atoms with Crippen molar-refractivity contribution in [2.24, 2.45) is 0 Å². The van der Waals surface area contributed by atoms with E-state index in [1.807, 2.05) is 54.6 Å². The number of amides is 1. The van der Waals surface area contributed by atoms with Crippen LogP contribution in [0.1, 0.15) is 28.5 Å². The fraction of sp³-hybridized carbons (Fsp3) is 0.304. The van der Waals surface area contributed by atoms with Gasteiger partial charge in [0.1, 0.15) is 5.75 Å². The lowest BCUT2D eigenvalue weighted by Gasteiger charge is -2.13. The van der Waals surface area contributed by atoms with E-state index in [-0.39, 0.29) is 29.1 Å². The topological polar surface area (TPSA) is 90.3 Å². The number of benzene rings is 2. The third-order valence-electron chi connectivity index (χ3n) is 5.45. The van der Waals surface area contributed by atoms with Crippen LogP contribution in [-0.4, -0.2) is 49.3 Å². The van der Waals surface area contributed by atoms with Crippen molar-refractivity contribution in [3.05, 3.63) is 71.9 Å². The average Bonchev–Trinajstić information content (AvgIpc) is 3.38. The van der Waals surface area contributed by atoms with Crippen LogP contribution in [-0.2, 0) is 16.3 Å². The summed E-state index contributed by atoms with van der Waals surface area (Å²) in [6.45, 7) is 0.491. The van der Waals surface area contributed by atoms with Crippen LogP contribution in [0.2, 0.25) is 0 Å². The van der Waals surface area contributed by atoms with Gasteiger partial charge < -0.3 is 10.1 Å². The Morgan fingerprint density at radius 2 is 1.90 bits per heavy atom. The molecule has 0 bridgehead atoms. The number of methoxy groups -OCH3 is 1. The van der Waals surface area contributed by atoms with Crippen molar-refractivity contribution >= 4 is 15.7 Å². The van der Waals surface area contributed by atoms with E-state index in [0.29, 0.717) is 13.0 Å². The quantitative estimate of drug-likeness (QED) is 0.611. The Hall–Kier alpha value is -3.13. The molecule has 0 spiro atoms. The summed E-state index contributed by atoms with van der Waals surface area (Å²) in [6, 6.07) is 18.8. The molecule has 1 saturated heterocycles. The summed E-state index contributed by atoms with van der Waals surface area (Å²) in [4.78, 5) is 12.7. The highest BCUT2D eigenvalue weighted by molar-refractivity contribution is 7.91. The number of rotatable bonds is 7. The molecule has 31 heavy (non-hydrogen) atoms. The molecule has 1 amide bonds. The van der Waals surface area contributed by atoms with Crippen molar-refractivity contribution in [2.45, 2.75) is 18.9 Å². The van der Waals surface area contributed by atoms with Gasteiger partial charge in [-0.3, -0.25) is 9.48 Å². The van der Waals surface area contributed by atoms with Crippen molar-refractivity contribution in [3.63, 3.8) is 0 Å². The highest BCUT2D eigenvalue weighted by atomic mass is 32.2. The van der Waals surface area contributed by atoms with Crippen molar-refractivity contribution in [2.75, 3.05) is 25.2 Å². The number of hydrogen-bond acceptors (Lipinski definition) is 5. The summed E-state index contributed by atoms with van der Waals surface area (Å²) in [5.74, 6) is 0.618. The van der Waals surface area contributed by atoms with Crippen LogP contribution in [0.4, 0.5) is 0 Å². The molecule has 162 valence electrons. The largest absolute Gasteiger partial charge is 0.497 e. The summed E-state index contributed by atoms with van der Waals surface area (Å²) < 4.78 is 31.0. The molecule has 4 rings (SSSR count). The zero-order valence-electron chi connectivity index (χ0n) is 17.3. The van der Waals surface area contributed by atoms with Crippen LogP contribution >= 0.6 is 0 Å². The molecule has 1 atom stereocenters. The van der Waals surface area contributed by atoms with Gasteiger partial charge >= 0.3 is 0 Å². The van der Waals surface area contributed by atoms with Gasteiger partial charge in [-0.1, -0.05) is 30.3 Å². The Labute approximate surface area is 182 Å². The van der Waals surface area contributed by atoms with E-state index in [9.17, 15) is 13.2 Å². The Morgan fingerprint density at radius 3 is 2.55 bits per heavy atom. The van der Waals surface area contributed by atoms with Gasteiger partial charge in [-0.25, -0.2) is 8.42 Å². The van der Waals surface area contributed by atoms with E-state index in [1.54, 1.807) is 17.9 Å². The van der Waals surface area contributed by atoms with E-state index in [0.717, 1.165) is 29.0 Å². The van der Waals surface area contributed by atoms with E-state index < -0.39 is 9.84 Å². The first-order valence-corrected chi connectivity index (χ1v) is 12.0. The molecule has 0 saturated carbocycles. The molecule has 8 heteroatoms. The van der Waals surface area contributed by atoms with Gasteiger partial charge in [0.25, 0.3) is 5.91 Å². The maximum absolute atomic E-state index is 12.7. The van der Waals surface area contributed by atoms with Crippen molar-refractivity contribution in [1.29, 1.82) is 0 Å². The lowest BCUT2D eigenvalue weighted by Crippen LogP contribution is -2.26. The third-order valence-corrected chi connectivity index (χ3v) is 7.20. The molecule has 1 aliphatic rings. The first kappa shape index (κ1) is 21.1. The number of hydrogen-bond donors (Lipinski definition) is 1. The number of ether oxygens (including phenoxy) is 1. The molecule has 1 fully saturated rings.